The van der Waals surface area contributed by atoms with Gasteiger partial charge in [0, 0.05) is 31.8 Å². The molecule has 1 aliphatic rings. The third kappa shape index (κ3) is 5.01. The monoisotopic (exact) mass is 384 g/mol. The van der Waals surface area contributed by atoms with Crippen molar-refractivity contribution in [2.75, 3.05) is 26.8 Å². The number of hydrogen-bond donors (Lipinski definition) is 0. The fourth-order valence-corrected chi connectivity index (χ4v) is 3.48. The van der Waals surface area contributed by atoms with Crippen LogP contribution in [0.25, 0.3) is 0 Å². The summed E-state index contributed by atoms with van der Waals surface area (Å²) in [5.41, 5.74) is 3.88. The highest BCUT2D eigenvalue weighted by Gasteiger charge is 2.19. The van der Waals surface area contributed by atoms with Crippen molar-refractivity contribution < 1.29 is 14.4 Å². The lowest BCUT2D eigenvalue weighted by atomic mass is 9.98. The molecule has 0 radical (unpaired) electrons. The van der Waals surface area contributed by atoms with E-state index in [2.05, 4.69) is 24.0 Å². The summed E-state index contributed by atoms with van der Waals surface area (Å²) >= 11 is 0. The van der Waals surface area contributed by atoms with Crippen molar-refractivity contribution in [2.45, 2.75) is 39.2 Å². The number of nitro benzene ring substituents is 1. The average molecular weight is 384 g/mol. The minimum absolute atomic E-state index is 0.139. The molecule has 0 amide bonds. The zero-order valence-corrected chi connectivity index (χ0v) is 16.6. The molecule has 0 saturated carbocycles. The lowest BCUT2D eigenvalue weighted by molar-refractivity contribution is -0.384. The van der Waals surface area contributed by atoms with E-state index in [1.54, 1.807) is 19.2 Å². The minimum Gasteiger partial charge on any atom is -0.493 e. The van der Waals surface area contributed by atoms with E-state index in [-0.39, 0.29) is 10.6 Å². The first-order valence-electron chi connectivity index (χ1n) is 9.89. The molecule has 2 aromatic carbocycles. The van der Waals surface area contributed by atoms with Crippen LogP contribution in [-0.4, -0.2) is 36.6 Å². The van der Waals surface area contributed by atoms with Gasteiger partial charge >= 0.3 is 0 Å². The predicted octanol–water partition coefficient (Wildman–Crippen LogP) is 4.38. The minimum atomic E-state index is -0.362. The summed E-state index contributed by atoms with van der Waals surface area (Å²) in [6, 6.07) is 11.1. The summed E-state index contributed by atoms with van der Waals surface area (Å²) in [5.74, 6) is 1.64. The second-order valence-corrected chi connectivity index (χ2v) is 7.17. The molecule has 28 heavy (non-hydrogen) atoms. The molecule has 0 spiro atoms. The van der Waals surface area contributed by atoms with Gasteiger partial charge in [-0.2, -0.15) is 0 Å². The largest absolute Gasteiger partial charge is 0.493 e. The Morgan fingerprint density at radius 2 is 1.89 bits per heavy atom. The molecule has 0 fully saturated rings. The molecule has 0 bridgehead atoms. The smallest absolute Gasteiger partial charge is 0.269 e. The van der Waals surface area contributed by atoms with Crippen LogP contribution in [0, 0.1) is 10.1 Å². The molecule has 0 aliphatic carbocycles. The van der Waals surface area contributed by atoms with Gasteiger partial charge in [0.05, 0.1) is 18.6 Å². The molecule has 2 aromatic rings. The average Bonchev–Trinajstić information content (AvgIpc) is 2.72. The van der Waals surface area contributed by atoms with Gasteiger partial charge in [-0.1, -0.05) is 25.5 Å². The Kier molecular flexibility index (Phi) is 6.87. The Balaban J connectivity index is 1.61. The summed E-state index contributed by atoms with van der Waals surface area (Å²) in [4.78, 5) is 12.8. The molecule has 0 saturated heterocycles. The number of hydrogen-bond acceptors (Lipinski definition) is 5. The van der Waals surface area contributed by atoms with Crippen LogP contribution in [0.5, 0.6) is 11.5 Å². The van der Waals surface area contributed by atoms with E-state index < -0.39 is 0 Å². The number of non-ortho nitro benzene ring substituents is 1. The van der Waals surface area contributed by atoms with E-state index in [9.17, 15) is 10.1 Å². The van der Waals surface area contributed by atoms with Crippen LogP contribution in [0.1, 0.15) is 36.5 Å². The van der Waals surface area contributed by atoms with E-state index in [0.717, 1.165) is 62.4 Å². The Morgan fingerprint density at radius 1 is 1.14 bits per heavy atom. The molecular weight excluding hydrogens is 356 g/mol. The fourth-order valence-electron chi connectivity index (χ4n) is 3.48. The van der Waals surface area contributed by atoms with Gasteiger partial charge in [0.2, 0.25) is 0 Å². The van der Waals surface area contributed by atoms with Gasteiger partial charge in [0.15, 0.2) is 11.5 Å². The normalized spacial score (nSPS) is 13.8. The van der Waals surface area contributed by atoms with Crippen LogP contribution < -0.4 is 9.47 Å². The molecule has 0 atom stereocenters. The highest BCUT2D eigenvalue weighted by molar-refractivity contribution is 5.48. The van der Waals surface area contributed by atoms with Crippen molar-refractivity contribution in [3.8, 4) is 11.5 Å². The standard InChI is InChI=1S/C22H28N2O4/c1-3-4-13-28-22-14-18-10-12-23(16-19(18)15-21(22)27-2)11-9-17-5-7-20(8-6-17)24(25)26/h5-8,14-15H,3-4,9-13,16H2,1-2H3. The quantitative estimate of drug-likeness (QED) is 0.365. The molecule has 6 heteroatoms. The Morgan fingerprint density at radius 3 is 2.57 bits per heavy atom. The number of rotatable bonds is 9. The maximum Gasteiger partial charge on any atom is 0.269 e. The zero-order valence-electron chi connectivity index (χ0n) is 16.6. The first-order valence-corrected chi connectivity index (χ1v) is 9.89. The maximum absolute atomic E-state index is 10.8. The SMILES string of the molecule is CCCCOc1cc2c(cc1OC)CN(CCc1ccc([N+](=O)[O-])cc1)CC2. The van der Waals surface area contributed by atoms with Crippen molar-refractivity contribution in [3.63, 3.8) is 0 Å². The number of methoxy groups -OCH3 is 1. The van der Waals surface area contributed by atoms with Crippen LogP contribution in [0.2, 0.25) is 0 Å². The van der Waals surface area contributed by atoms with Crippen LogP contribution in [0.4, 0.5) is 5.69 Å². The molecule has 0 unspecified atom stereocenters. The lowest BCUT2D eigenvalue weighted by Crippen LogP contribution is -2.32. The lowest BCUT2D eigenvalue weighted by Gasteiger charge is -2.29. The predicted molar refractivity (Wildman–Crippen MR) is 109 cm³/mol. The van der Waals surface area contributed by atoms with Crippen LogP contribution in [0.15, 0.2) is 36.4 Å². The molecule has 0 N–H and O–H groups in total. The summed E-state index contributed by atoms with van der Waals surface area (Å²) in [7, 11) is 1.68. The topological polar surface area (TPSA) is 64.8 Å². The fraction of sp³-hybridized carbons (Fsp3) is 0.455. The van der Waals surface area contributed by atoms with Gasteiger partial charge in [-0.15, -0.1) is 0 Å². The number of fused-ring (bicyclic) bond motifs is 1. The summed E-state index contributed by atoms with van der Waals surface area (Å²) in [5, 5.41) is 10.8. The molecule has 150 valence electrons. The van der Waals surface area contributed by atoms with Gasteiger partial charge in [-0.25, -0.2) is 0 Å². The van der Waals surface area contributed by atoms with Crippen LogP contribution in [-0.2, 0) is 19.4 Å². The van der Waals surface area contributed by atoms with Crippen molar-refractivity contribution >= 4 is 5.69 Å². The van der Waals surface area contributed by atoms with Crippen LogP contribution >= 0.6 is 0 Å². The van der Waals surface area contributed by atoms with E-state index in [4.69, 9.17) is 9.47 Å². The summed E-state index contributed by atoms with van der Waals surface area (Å²) in [6.07, 6.45) is 4.01. The third-order valence-corrected chi connectivity index (χ3v) is 5.20. The highest BCUT2D eigenvalue weighted by atomic mass is 16.6. The molecule has 3 rings (SSSR count). The Hall–Kier alpha value is -2.60. The van der Waals surface area contributed by atoms with Crippen molar-refractivity contribution in [3.05, 3.63) is 63.2 Å². The van der Waals surface area contributed by atoms with Gasteiger partial charge in [0.1, 0.15) is 0 Å². The maximum atomic E-state index is 10.8. The Labute approximate surface area is 166 Å². The van der Waals surface area contributed by atoms with Gasteiger partial charge in [-0.3, -0.25) is 15.0 Å². The van der Waals surface area contributed by atoms with Crippen molar-refractivity contribution in [1.29, 1.82) is 0 Å². The van der Waals surface area contributed by atoms with Gasteiger partial charge in [-0.05, 0) is 48.1 Å². The first-order chi connectivity index (χ1) is 13.6. The second-order valence-electron chi connectivity index (χ2n) is 7.17. The number of nitro groups is 1. The van der Waals surface area contributed by atoms with E-state index in [1.165, 1.54) is 11.1 Å². The number of nitrogens with zero attached hydrogens (tertiary/aromatic N) is 2. The number of unbranched alkanes of at least 4 members (excludes halogenated alkanes) is 1. The molecular formula is C22H28N2O4. The van der Waals surface area contributed by atoms with Gasteiger partial charge in [0.25, 0.3) is 5.69 Å². The number of benzene rings is 2. The molecule has 1 heterocycles. The Bertz CT molecular complexity index is 805. The highest BCUT2D eigenvalue weighted by Crippen LogP contribution is 2.33. The molecule has 6 nitrogen and oxygen atoms in total. The summed E-state index contributed by atoms with van der Waals surface area (Å²) < 4.78 is 11.4. The summed E-state index contributed by atoms with van der Waals surface area (Å²) in [6.45, 7) is 5.68. The van der Waals surface area contributed by atoms with E-state index in [0.29, 0.717) is 6.61 Å². The van der Waals surface area contributed by atoms with E-state index in [1.807, 2.05) is 12.1 Å². The second kappa shape index (κ2) is 9.55. The van der Waals surface area contributed by atoms with Gasteiger partial charge < -0.3 is 9.47 Å². The van der Waals surface area contributed by atoms with Crippen molar-refractivity contribution in [1.82, 2.24) is 4.90 Å². The number of ether oxygens (including phenoxy) is 2. The zero-order chi connectivity index (χ0) is 19.9. The van der Waals surface area contributed by atoms with Crippen molar-refractivity contribution in [2.24, 2.45) is 0 Å². The van der Waals surface area contributed by atoms with E-state index >= 15 is 0 Å². The third-order valence-electron chi connectivity index (χ3n) is 5.20. The molecule has 0 aromatic heterocycles. The first kappa shape index (κ1) is 20.1. The van der Waals surface area contributed by atoms with Crippen LogP contribution in [0.3, 0.4) is 0 Å². The molecule has 1 aliphatic heterocycles.